The molecule has 6 rings (SSSR count). The van der Waals surface area contributed by atoms with Crippen LogP contribution in [-0.2, 0) is 0 Å². The van der Waals surface area contributed by atoms with Crippen LogP contribution in [0.2, 0.25) is 0 Å². The third-order valence-corrected chi connectivity index (χ3v) is 6.82. The van der Waals surface area contributed by atoms with Gasteiger partial charge in [0.1, 0.15) is 22.5 Å². The smallest absolute Gasteiger partial charge is 0.272 e. The number of hydrogen-bond acceptors (Lipinski definition) is 6. The molecule has 2 atom stereocenters. The molecule has 34 heavy (non-hydrogen) atoms. The molecule has 172 valence electrons. The Labute approximate surface area is 195 Å². The van der Waals surface area contributed by atoms with Crippen molar-refractivity contribution in [3.05, 3.63) is 59.8 Å². The number of amides is 2. The zero-order chi connectivity index (χ0) is 23.2. The van der Waals surface area contributed by atoms with Gasteiger partial charge in [-0.3, -0.25) is 9.59 Å². The molecule has 2 fully saturated rings. The van der Waals surface area contributed by atoms with Crippen LogP contribution in [0.3, 0.4) is 0 Å². The van der Waals surface area contributed by atoms with E-state index in [2.05, 4.69) is 20.4 Å². The Morgan fingerprint density at radius 2 is 1.62 bits per heavy atom. The summed E-state index contributed by atoms with van der Waals surface area (Å²) in [7, 11) is 0. The van der Waals surface area contributed by atoms with Gasteiger partial charge in [0, 0.05) is 55.0 Å². The molecule has 4 heterocycles. The van der Waals surface area contributed by atoms with Crippen molar-refractivity contribution >= 4 is 33.8 Å². The SMILES string of the molecule is CCOc1cc(C(=O)N2CC3CN(C(=O)c4ccc5n[nH]nc5c4)CC3C2)nc2ccccc12. The summed E-state index contributed by atoms with van der Waals surface area (Å²) in [6.07, 6.45) is 0. The standard InChI is InChI=1S/C25H24N6O3/c1-2-34-23-10-22(26-19-6-4-3-5-18(19)23)25(33)31-13-16-11-30(12-17(16)14-31)24(32)15-7-8-20-21(9-15)28-29-27-20/h3-10,16-17H,2,11-14H2,1H3,(H,27,28,29). The summed E-state index contributed by atoms with van der Waals surface area (Å²) in [6, 6.07) is 14.8. The van der Waals surface area contributed by atoms with E-state index in [0.29, 0.717) is 55.3 Å². The molecular formula is C25H24N6O3. The van der Waals surface area contributed by atoms with Crippen molar-refractivity contribution in [2.75, 3.05) is 32.8 Å². The fourth-order valence-corrected chi connectivity index (χ4v) is 5.17. The molecule has 2 aliphatic rings. The molecule has 0 saturated carbocycles. The van der Waals surface area contributed by atoms with Crippen LogP contribution in [0, 0.1) is 11.8 Å². The zero-order valence-corrected chi connectivity index (χ0v) is 18.8. The molecule has 0 aliphatic carbocycles. The van der Waals surface area contributed by atoms with Gasteiger partial charge in [-0.15, -0.1) is 0 Å². The molecule has 0 bridgehead atoms. The molecule has 2 aromatic heterocycles. The number of pyridine rings is 1. The molecule has 0 radical (unpaired) electrons. The number of nitrogens with zero attached hydrogens (tertiary/aromatic N) is 5. The van der Waals surface area contributed by atoms with Crippen LogP contribution in [0.15, 0.2) is 48.5 Å². The topological polar surface area (TPSA) is 104 Å². The van der Waals surface area contributed by atoms with Crippen molar-refractivity contribution in [1.82, 2.24) is 30.2 Å². The van der Waals surface area contributed by atoms with E-state index in [9.17, 15) is 9.59 Å². The quantitative estimate of drug-likeness (QED) is 0.506. The van der Waals surface area contributed by atoms with Crippen molar-refractivity contribution in [2.24, 2.45) is 11.8 Å². The lowest BCUT2D eigenvalue weighted by Gasteiger charge is -2.22. The number of H-pyrrole nitrogens is 1. The minimum Gasteiger partial charge on any atom is -0.493 e. The first-order valence-corrected chi connectivity index (χ1v) is 11.5. The van der Waals surface area contributed by atoms with Crippen LogP contribution in [0.25, 0.3) is 21.9 Å². The largest absolute Gasteiger partial charge is 0.493 e. The van der Waals surface area contributed by atoms with Crippen LogP contribution < -0.4 is 4.74 Å². The van der Waals surface area contributed by atoms with Gasteiger partial charge in [-0.1, -0.05) is 12.1 Å². The maximum atomic E-state index is 13.3. The van der Waals surface area contributed by atoms with E-state index in [1.807, 2.05) is 41.0 Å². The Bertz CT molecular complexity index is 1400. The molecule has 2 aliphatic heterocycles. The molecule has 2 amide bonds. The van der Waals surface area contributed by atoms with Gasteiger partial charge in [-0.25, -0.2) is 4.98 Å². The van der Waals surface area contributed by atoms with Gasteiger partial charge >= 0.3 is 0 Å². The first-order valence-electron chi connectivity index (χ1n) is 11.5. The highest BCUT2D eigenvalue weighted by Crippen LogP contribution is 2.33. The summed E-state index contributed by atoms with van der Waals surface area (Å²) >= 11 is 0. The number of nitrogens with one attached hydrogen (secondary N) is 1. The van der Waals surface area contributed by atoms with Crippen molar-refractivity contribution in [1.29, 1.82) is 0 Å². The van der Waals surface area contributed by atoms with E-state index >= 15 is 0 Å². The zero-order valence-electron chi connectivity index (χ0n) is 18.8. The highest BCUT2D eigenvalue weighted by atomic mass is 16.5. The minimum absolute atomic E-state index is 0.00488. The third-order valence-electron chi connectivity index (χ3n) is 6.82. The predicted molar refractivity (Wildman–Crippen MR) is 126 cm³/mol. The summed E-state index contributed by atoms with van der Waals surface area (Å²) < 4.78 is 5.79. The summed E-state index contributed by atoms with van der Waals surface area (Å²) in [5, 5.41) is 11.6. The van der Waals surface area contributed by atoms with E-state index < -0.39 is 0 Å². The average Bonchev–Trinajstić information content (AvgIpc) is 3.57. The van der Waals surface area contributed by atoms with Crippen molar-refractivity contribution in [2.45, 2.75) is 6.92 Å². The number of aromatic amines is 1. The van der Waals surface area contributed by atoms with Crippen LogP contribution in [0.1, 0.15) is 27.8 Å². The monoisotopic (exact) mass is 456 g/mol. The van der Waals surface area contributed by atoms with Crippen LogP contribution >= 0.6 is 0 Å². The highest BCUT2D eigenvalue weighted by molar-refractivity contribution is 5.98. The second-order valence-corrected chi connectivity index (χ2v) is 8.92. The second kappa shape index (κ2) is 8.09. The molecule has 9 nitrogen and oxygen atoms in total. The molecular weight excluding hydrogens is 432 g/mol. The predicted octanol–water partition coefficient (Wildman–Crippen LogP) is 2.75. The lowest BCUT2D eigenvalue weighted by Crippen LogP contribution is -2.36. The van der Waals surface area contributed by atoms with E-state index in [4.69, 9.17) is 4.74 Å². The Balaban J connectivity index is 1.17. The van der Waals surface area contributed by atoms with Crippen molar-refractivity contribution in [3.8, 4) is 5.75 Å². The van der Waals surface area contributed by atoms with Gasteiger partial charge in [-0.2, -0.15) is 15.4 Å². The fourth-order valence-electron chi connectivity index (χ4n) is 5.17. The molecule has 4 aromatic rings. The van der Waals surface area contributed by atoms with Gasteiger partial charge in [0.15, 0.2) is 0 Å². The summed E-state index contributed by atoms with van der Waals surface area (Å²) in [5.41, 5.74) is 3.17. The van der Waals surface area contributed by atoms with Gasteiger partial charge in [-0.05, 0) is 37.3 Å². The Morgan fingerprint density at radius 1 is 0.912 bits per heavy atom. The van der Waals surface area contributed by atoms with Gasteiger partial charge in [0.25, 0.3) is 11.8 Å². The number of carbonyl (C=O) groups excluding carboxylic acids is 2. The number of rotatable bonds is 4. The average molecular weight is 457 g/mol. The second-order valence-electron chi connectivity index (χ2n) is 8.92. The third kappa shape index (κ3) is 3.44. The first kappa shape index (κ1) is 20.6. The Kier molecular flexibility index (Phi) is 4.90. The number of hydrogen-bond donors (Lipinski definition) is 1. The van der Waals surface area contributed by atoms with Crippen LogP contribution in [0.5, 0.6) is 5.75 Å². The molecule has 1 N–H and O–H groups in total. The van der Waals surface area contributed by atoms with Gasteiger partial charge in [0.2, 0.25) is 0 Å². The lowest BCUT2D eigenvalue weighted by molar-refractivity contribution is 0.0735. The van der Waals surface area contributed by atoms with Gasteiger partial charge < -0.3 is 14.5 Å². The number of fused-ring (bicyclic) bond motifs is 3. The molecule has 2 aromatic carbocycles. The Morgan fingerprint density at radius 3 is 2.38 bits per heavy atom. The number of aromatic nitrogens is 4. The number of ether oxygens (including phenoxy) is 1. The van der Waals surface area contributed by atoms with Gasteiger partial charge in [0.05, 0.1) is 12.1 Å². The maximum Gasteiger partial charge on any atom is 0.272 e. The van der Waals surface area contributed by atoms with Crippen molar-refractivity contribution in [3.63, 3.8) is 0 Å². The maximum absolute atomic E-state index is 13.3. The molecule has 2 saturated heterocycles. The van der Waals surface area contributed by atoms with E-state index in [-0.39, 0.29) is 23.7 Å². The molecule has 0 spiro atoms. The van der Waals surface area contributed by atoms with Crippen LogP contribution in [0.4, 0.5) is 0 Å². The Hall–Kier alpha value is -4.01. The van der Waals surface area contributed by atoms with Crippen molar-refractivity contribution < 1.29 is 14.3 Å². The minimum atomic E-state index is -0.0875. The summed E-state index contributed by atoms with van der Waals surface area (Å²) in [4.78, 5) is 34.8. The van der Waals surface area contributed by atoms with E-state index in [1.165, 1.54) is 0 Å². The lowest BCUT2D eigenvalue weighted by atomic mass is 10.0. The highest BCUT2D eigenvalue weighted by Gasteiger charge is 2.43. The normalized spacial score (nSPS) is 19.7. The number of carbonyl (C=O) groups is 2. The molecule has 9 heteroatoms. The van der Waals surface area contributed by atoms with Crippen LogP contribution in [-0.4, -0.2) is 74.8 Å². The summed E-state index contributed by atoms with van der Waals surface area (Å²) in [5.74, 6) is 1.10. The fraction of sp³-hybridized carbons (Fsp3) is 0.320. The number of benzene rings is 2. The number of para-hydroxylation sites is 1. The van der Waals surface area contributed by atoms with E-state index in [1.54, 1.807) is 24.3 Å². The summed E-state index contributed by atoms with van der Waals surface area (Å²) in [6.45, 7) is 4.96. The first-order chi connectivity index (χ1) is 16.6. The number of likely N-dealkylation sites (tertiary alicyclic amines) is 2. The molecule has 2 unspecified atom stereocenters. The van der Waals surface area contributed by atoms with E-state index in [0.717, 1.165) is 16.4 Å².